The maximum Gasteiger partial charge on any atom is 0.419 e. The molecule has 1 aromatic carbocycles. The number of rotatable bonds is 7. The van der Waals surface area contributed by atoms with Crippen LogP contribution in [0.2, 0.25) is 0 Å². The van der Waals surface area contributed by atoms with Crippen LogP contribution in [-0.4, -0.2) is 50.7 Å². The number of aliphatic hydroxyl groups excluding tert-OH is 1. The van der Waals surface area contributed by atoms with Gasteiger partial charge in [-0.25, -0.2) is 20.0 Å². The molecule has 0 saturated carbocycles. The van der Waals surface area contributed by atoms with Crippen LogP contribution in [0, 0.1) is 0 Å². The first-order valence-corrected chi connectivity index (χ1v) is 12.2. The molecule has 4 N–H and O–H groups in total. The molecule has 0 spiro atoms. The highest BCUT2D eigenvalue weighted by atomic mass is 32.1. The molecule has 0 aliphatic carbocycles. The Morgan fingerprint density at radius 2 is 2.00 bits per heavy atom. The molecule has 3 heterocycles. The summed E-state index contributed by atoms with van der Waals surface area (Å²) in [5, 5.41) is 14.8. The van der Waals surface area contributed by atoms with Gasteiger partial charge in [-0.1, -0.05) is 18.2 Å². The van der Waals surface area contributed by atoms with Gasteiger partial charge in [0.05, 0.1) is 16.8 Å². The summed E-state index contributed by atoms with van der Waals surface area (Å²) in [5.74, 6) is -1.07. The van der Waals surface area contributed by atoms with Gasteiger partial charge in [0, 0.05) is 22.5 Å². The highest BCUT2D eigenvalue weighted by Crippen LogP contribution is 2.38. The molecule has 2 aromatic heterocycles. The summed E-state index contributed by atoms with van der Waals surface area (Å²) < 4.78 is 11.9. The molecule has 0 bridgehead atoms. The second-order valence-corrected chi connectivity index (χ2v) is 10.7. The molecule has 37 heavy (non-hydrogen) atoms. The van der Waals surface area contributed by atoms with Crippen molar-refractivity contribution >= 4 is 46.1 Å². The highest BCUT2D eigenvalue weighted by Gasteiger charge is 2.36. The van der Waals surface area contributed by atoms with Crippen molar-refractivity contribution in [1.29, 1.82) is 0 Å². The van der Waals surface area contributed by atoms with Crippen molar-refractivity contribution in [2.24, 2.45) is 0 Å². The van der Waals surface area contributed by atoms with Gasteiger partial charge >= 0.3 is 12.2 Å². The second-order valence-electron chi connectivity index (χ2n) is 9.85. The molecular formula is C24H27N5O7S. The number of carbonyl (C=O) groups is 4. The molecule has 0 fully saturated rings. The Morgan fingerprint density at radius 1 is 1.27 bits per heavy atom. The van der Waals surface area contributed by atoms with Gasteiger partial charge in [-0.2, -0.15) is 0 Å². The van der Waals surface area contributed by atoms with Gasteiger partial charge in [-0.3, -0.25) is 19.6 Å². The first kappa shape index (κ1) is 26.3. The third-order valence-electron chi connectivity index (χ3n) is 5.39. The van der Waals surface area contributed by atoms with Gasteiger partial charge in [0.15, 0.2) is 11.2 Å². The topological polar surface area (TPSA) is 161 Å². The van der Waals surface area contributed by atoms with E-state index in [0.29, 0.717) is 10.9 Å². The molecule has 4 rings (SSSR count). The van der Waals surface area contributed by atoms with Gasteiger partial charge in [0.2, 0.25) is 5.78 Å². The zero-order valence-corrected chi connectivity index (χ0v) is 21.7. The number of aliphatic hydroxyl groups is 1. The number of benzene rings is 1. The Bertz CT molecular complexity index is 1400. The van der Waals surface area contributed by atoms with Crippen molar-refractivity contribution in [3.05, 3.63) is 51.6 Å². The van der Waals surface area contributed by atoms with Crippen LogP contribution >= 0.6 is 11.3 Å². The van der Waals surface area contributed by atoms with Crippen molar-refractivity contribution in [2.45, 2.75) is 52.0 Å². The predicted molar refractivity (Wildman–Crippen MR) is 133 cm³/mol. The molecule has 12 nitrogen and oxygen atoms in total. The van der Waals surface area contributed by atoms with Gasteiger partial charge in [0.25, 0.3) is 5.91 Å². The number of para-hydroxylation sites is 1. The number of nitrogens with one attached hydrogen (secondary N) is 3. The maximum absolute atomic E-state index is 13.3. The fraction of sp³-hybridized carbons (Fsp3) is 0.375. The number of aromatic nitrogens is 2. The minimum atomic E-state index is -1.42. The lowest BCUT2D eigenvalue weighted by molar-refractivity contribution is -0.122. The number of hydrogen-bond donors (Lipinski definition) is 4. The first-order chi connectivity index (χ1) is 17.3. The van der Waals surface area contributed by atoms with Crippen LogP contribution in [0.4, 0.5) is 9.59 Å². The number of ketones is 1. The lowest BCUT2D eigenvalue weighted by Gasteiger charge is -2.30. The Labute approximate surface area is 215 Å². The Morgan fingerprint density at radius 3 is 2.70 bits per heavy atom. The van der Waals surface area contributed by atoms with Crippen LogP contribution in [0.3, 0.4) is 0 Å². The Hall–Kier alpha value is -3.81. The van der Waals surface area contributed by atoms with Gasteiger partial charge in [-0.15, -0.1) is 11.3 Å². The lowest BCUT2D eigenvalue weighted by Crippen LogP contribution is -2.46. The SMILES string of the molecule is CC(C)(C)OC(=O)NCC(=O)NNC(O)c1csc(C(=O)c2cn3c4c(cccc24)C(C)(C)OC3=O)n1. The van der Waals surface area contributed by atoms with E-state index in [2.05, 4.69) is 21.2 Å². The van der Waals surface area contributed by atoms with E-state index in [1.165, 1.54) is 16.1 Å². The average Bonchev–Trinajstić information content (AvgIpc) is 3.44. The number of carbonyl (C=O) groups excluding carboxylic acids is 4. The van der Waals surface area contributed by atoms with Crippen molar-refractivity contribution in [3.8, 4) is 0 Å². The van der Waals surface area contributed by atoms with Crippen LogP contribution < -0.4 is 16.2 Å². The lowest BCUT2D eigenvalue weighted by atomic mass is 9.94. The van der Waals surface area contributed by atoms with Crippen molar-refractivity contribution in [3.63, 3.8) is 0 Å². The molecule has 1 aliphatic rings. The Kier molecular flexibility index (Phi) is 6.79. The molecule has 1 unspecified atom stereocenters. The van der Waals surface area contributed by atoms with Crippen LogP contribution in [0.5, 0.6) is 0 Å². The number of ether oxygens (including phenoxy) is 2. The van der Waals surface area contributed by atoms with Gasteiger partial charge in [-0.05, 0) is 34.6 Å². The minimum Gasteiger partial charge on any atom is -0.444 e. The number of amides is 2. The predicted octanol–water partition coefficient (Wildman–Crippen LogP) is 2.70. The summed E-state index contributed by atoms with van der Waals surface area (Å²) >= 11 is 1.01. The van der Waals surface area contributed by atoms with Crippen LogP contribution in [0.25, 0.3) is 10.9 Å². The fourth-order valence-electron chi connectivity index (χ4n) is 3.78. The molecule has 1 atom stereocenters. The standard InChI is InChI=1S/C24H27N5O7S/c1-23(2,3)35-21(33)25-9-16(30)27-28-19(32)15-11-37-20(26-15)18(31)13-10-29-17-12(13)7-6-8-14(17)24(4,5)36-22(29)34/h6-8,10-11,19,28,32H,9H2,1-5H3,(H,25,33)(H,27,30). The molecule has 13 heteroatoms. The maximum atomic E-state index is 13.3. The van der Waals surface area contributed by atoms with Gasteiger partial charge < -0.3 is 19.9 Å². The van der Waals surface area contributed by atoms with Crippen molar-refractivity contribution in [2.75, 3.05) is 6.54 Å². The number of thiazole rings is 1. The quantitative estimate of drug-likeness (QED) is 0.205. The third-order valence-corrected chi connectivity index (χ3v) is 6.25. The monoisotopic (exact) mass is 529 g/mol. The van der Waals surface area contributed by atoms with E-state index in [1.54, 1.807) is 46.8 Å². The van der Waals surface area contributed by atoms with E-state index in [0.717, 1.165) is 16.9 Å². The molecule has 3 aromatic rings. The second kappa shape index (κ2) is 9.57. The smallest absolute Gasteiger partial charge is 0.419 e. The van der Waals surface area contributed by atoms with E-state index in [1.807, 2.05) is 6.07 Å². The first-order valence-electron chi connectivity index (χ1n) is 11.3. The zero-order chi connectivity index (χ0) is 27.1. The van der Waals surface area contributed by atoms with E-state index in [-0.39, 0.29) is 22.8 Å². The zero-order valence-electron chi connectivity index (χ0n) is 20.9. The van der Waals surface area contributed by atoms with E-state index in [4.69, 9.17) is 9.47 Å². The number of alkyl carbamates (subject to hydrolysis) is 1. The number of cyclic esters (lactones) is 1. The van der Waals surface area contributed by atoms with Crippen molar-refractivity contribution in [1.82, 2.24) is 25.7 Å². The average molecular weight is 530 g/mol. The summed E-state index contributed by atoms with van der Waals surface area (Å²) in [6.07, 6.45) is -1.33. The van der Waals surface area contributed by atoms with Crippen molar-refractivity contribution < 1.29 is 33.8 Å². The molecule has 2 amide bonds. The number of hydrazine groups is 1. The number of hydrogen-bond acceptors (Lipinski definition) is 10. The summed E-state index contributed by atoms with van der Waals surface area (Å²) in [7, 11) is 0. The molecule has 0 radical (unpaired) electrons. The van der Waals surface area contributed by atoms with E-state index in [9.17, 15) is 24.3 Å². The molecule has 196 valence electrons. The summed E-state index contributed by atoms with van der Waals surface area (Å²) in [6.45, 7) is 8.25. The fourth-order valence-corrected chi connectivity index (χ4v) is 4.57. The van der Waals surface area contributed by atoms with E-state index >= 15 is 0 Å². The third kappa shape index (κ3) is 5.48. The Balaban J connectivity index is 1.43. The summed E-state index contributed by atoms with van der Waals surface area (Å²) in [5.41, 5.74) is 4.82. The molecule has 0 saturated heterocycles. The van der Waals surface area contributed by atoms with Crippen LogP contribution in [-0.2, 0) is 19.9 Å². The highest BCUT2D eigenvalue weighted by molar-refractivity contribution is 7.12. The largest absolute Gasteiger partial charge is 0.444 e. The minimum absolute atomic E-state index is 0.0881. The summed E-state index contributed by atoms with van der Waals surface area (Å²) in [4.78, 5) is 53.6. The van der Waals surface area contributed by atoms with E-state index < -0.39 is 41.3 Å². The van der Waals surface area contributed by atoms with Crippen LogP contribution in [0.1, 0.15) is 67.5 Å². The van der Waals surface area contributed by atoms with Gasteiger partial charge in [0.1, 0.15) is 17.7 Å². The van der Waals surface area contributed by atoms with Crippen LogP contribution in [0.15, 0.2) is 29.8 Å². The molecular weight excluding hydrogens is 502 g/mol. The summed E-state index contributed by atoms with van der Waals surface area (Å²) in [6, 6.07) is 5.39. The normalized spacial score (nSPS) is 15.1. The molecule has 1 aliphatic heterocycles. The number of nitrogens with zero attached hydrogens (tertiary/aromatic N) is 2.